The zero-order valence-electron chi connectivity index (χ0n) is 12.3. The maximum Gasteiger partial charge on any atom is 0.315 e. The van der Waals surface area contributed by atoms with Crippen LogP contribution in [-0.2, 0) is 20.7 Å². The van der Waals surface area contributed by atoms with Gasteiger partial charge in [-0.2, -0.15) is 0 Å². The number of hydrogen-bond donors (Lipinski definition) is 1. The summed E-state index contributed by atoms with van der Waals surface area (Å²) in [6.45, 7) is 4.97. The molecule has 5 nitrogen and oxygen atoms in total. The maximum atomic E-state index is 12.0. The average molecular weight is 298 g/mol. The zero-order valence-corrected chi connectivity index (χ0v) is 13.1. The van der Waals surface area contributed by atoms with Crippen LogP contribution in [0.2, 0.25) is 0 Å². The second kappa shape index (κ2) is 7.04. The number of aromatic nitrogens is 1. The van der Waals surface area contributed by atoms with E-state index in [1.165, 1.54) is 4.88 Å². The number of nitrogens with zero attached hydrogens (tertiary/aromatic N) is 1. The first-order valence-corrected chi connectivity index (χ1v) is 7.90. The minimum atomic E-state index is -0.189. The van der Waals surface area contributed by atoms with Gasteiger partial charge in [0.1, 0.15) is 5.92 Å². The fourth-order valence-corrected chi connectivity index (χ4v) is 3.35. The van der Waals surface area contributed by atoms with Gasteiger partial charge in [-0.05, 0) is 33.1 Å². The highest BCUT2D eigenvalue weighted by Gasteiger charge is 2.31. The summed E-state index contributed by atoms with van der Waals surface area (Å²) in [5.74, 6) is -0.332. The lowest BCUT2D eigenvalue weighted by molar-refractivity contribution is -0.145. The van der Waals surface area contributed by atoms with Gasteiger partial charge < -0.3 is 14.8 Å². The first kappa shape index (κ1) is 15.3. The number of anilines is 1. The lowest BCUT2D eigenvalue weighted by Crippen LogP contribution is -2.21. The molecule has 0 amide bonds. The van der Waals surface area contributed by atoms with Crippen molar-refractivity contribution in [2.24, 2.45) is 0 Å². The highest BCUT2D eigenvalue weighted by atomic mass is 32.1. The molecule has 0 spiro atoms. The summed E-state index contributed by atoms with van der Waals surface area (Å²) in [4.78, 5) is 17.8. The van der Waals surface area contributed by atoms with Gasteiger partial charge in [0.25, 0.3) is 0 Å². The van der Waals surface area contributed by atoms with E-state index in [9.17, 15) is 4.79 Å². The third-order valence-electron chi connectivity index (χ3n) is 3.47. The van der Waals surface area contributed by atoms with E-state index in [2.05, 4.69) is 10.3 Å². The number of hydrogen-bond acceptors (Lipinski definition) is 6. The van der Waals surface area contributed by atoms with Crippen LogP contribution in [-0.4, -0.2) is 37.3 Å². The molecule has 2 atom stereocenters. The SMILES string of the molecule is CCOC(=O)C1CCCc2sc(NCC(C)OC)nc21. The van der Waals surface area contributed by atoms with Crippen molar-refractivity contribution >= 4 is 22.4 Å². The molecule has 1 heterocycles. The molecule has 0 aromatic carbocycles. The minimum Gasteiger partial charge on any atom is -0.465 e. The Morgan fingerprint density at radius 1 is 1.60 bits per heavy atom. The van der Waals surface area contributed by atoms with Crippen molar-refractivity contribution in [3.8, 4) is 0 Å². The summed E-state index contributed by atoms with van der Waals surface area (Å²) >= 11 is 1.64. The van der Waals surface area contributed by atoms with Crippen LogP contribution >= 0.6 is 11.3 Å². The van der Waals surface area contributed by atoms with E-state index >= 15 is 0 Å². The lowest BCUT2D eigenvalue weighted by Gasteiger charge is -2.19. The number of nitrogens with one attached hydrogen (secondary N) is 1. The number of ether oxygens (including phenoxy) is 2. The average Bonchev–Trinajstić information content (AvgIpc) is 2.87. The Hall–Kier alpha value is -1.14. The van der Waals surface area contributed by atoms with Crippen LogP contribution < -0.4 is 5.32 Å². The number of carbonyl (C=O) groups excluding carboxylic acids is 1. The molecule has 2 unspecified atom stereocenters. The monoisotopic (exact) mass is 298 g/mol. The number of thiazole rings is 1. The van der Waals surface area contributed by atoms with Gasteiger partial charge in [0.2, 0.25) is 0 Å². The molecule has 0 bridgehead atoms. The molecule has 1 aliphatic carbocycles. The van der Waals surface area contributed by atoms with Crippen molar-refractivity contribution in [2.75, 3.05) is 25.6 Å². The highest BCUT2D eigenvalue weighted by Crippen LogP contribution is 2.37. The fraction of sp³-hybridized carbons (Fsp3) is 0.714. The Labute approximate surface area is 123 Å². The molecule has 2 rings (SSSR count). The second-order valence-corrected chi connectivity index (χ2v) is 6.04. The first-order valence-electron chi connectivity index (χ1n) is 7.08. The Bertz CT molecular complexity index is 461. The Balaban J connectivity index is 2.08. The quantitative estimate of drug-likeness (QED) is 0.818. The minimum absolute atomic E-state index is 0.136. The van der Waals surface area contributed by atoms with E-state index in [4.69, 9.17) is 9.47 Å². The van der Waals surface area contributed by atoms with Crippen LogP contribution in [0, 0.1) is 0 Å². The molecule has 1 aromatic rings. The van der Waals surface area contributed by atoms with Crippen molar-refractivity contribution in [2.45, 2.75) is 45.1 Å². The molecule has 0 saturated carbocycles. The van der Waals surface area contributed by atoms with Crippen LogP contribution in [0.1, 0.15) is 43.2 Å². The normalized spacial score (nSPS) is 19.2. The van der Waals surface area contributed by atoms with E-state index in [-0.39, 0.29) is 18.0 Å². The van der Waals surface area contributed by atoms with Gasteiger partial charge in [0.15, 0.2) is 5.13 Å². The van der Waals surface area contributed by atoms with Gasteiger partial charge in [-0.15, -0.1) is 11.3 Å². The third-order valence-corrected chi connectivity index (χ3v) is 4.56. The summed E-state index contributed by atoms with van der Waals surface area (Å²) in [6, 6.07) is 0. The summed E-state index contributed by atoms with van der Waals surface area (Å²) in [6.07, 6.45) is 3.00. The van der Waals surface area contributed by atoms with Gasteiger partial charge in [-0.1, -0.05) is 0 Å². The smallest absolute Gasteiger partial charge is 0.315 e. The van der Waals surface area contributed by atoms with E-state index < -0.39 is 0 Å². The number of rotatable bonds is 6. The largest absolute Gasteiger partial charge is 0.465 e. The van der Waals surface area contributed by atoms with Crippen molar-refractivity contribution in [1.82, 2.24) is 4.98 Å². The van der Waals surface area contributed by atoms with Gasteiger partial charge in [-0.25, -0.2) is 4.98 Å². The van der Waals surface area contributed by atoms with Crippen molar-refractivity contribution < 1.29 is 14.3 Å². The molecule has 6 heteroatoms. The van der Waals surface area contributed by atoms with E-state index in [0.717, 1.165) is 30.1 Å². The van der Waals surface area contributed by atoms with Crippen molar-refractivity contribution in [1.29, 1.82) is 0 Å². The zero-order chi connectivity index (χ0) is 14.5. The third kappa shape index (κ3) is 3.49. The van der Waals surface area contributed by atoms with Crippen LogP contribution in [0.25, 0.3) is 0 Å². The van der Waals surface area contributed by atoms with Gasteiger partial charge >= 0.3 is 5.97 Å². The molecule has 1 aromatic heterocycles. The van der Waals surface area contributed by atoms with E-state index in [1.807, 2.05) is 13.8 Å². The maximum absolute atomic E-state index is 12.0. The van der Waals surface area contributed by atoms with E-state index in [0.29, 0.717) is 13.2 Å². The molecular weight excluding hydrogens is 276 g/mol. The molecule has 0 radical (unpaired) electrons. The van der Waals surface area contributed by atoms with Crippen molar-refractivity contribution in [3.05, 3.63) is 10.6 Å². The summed E-state index contributed by atoms with van der Waals surface area (Å²) in [5.41, 5.74) is 0.910. The van der Waals surface area contributed by atoms with Crippen LogP contribution in [0.3, 0.4) is 0 Å². The first-order chi connectivity index (χ1) is 9.65. The van der Waals surface area contributed by atoms with Crippen LogP contribution in [0.4, 0.5) is 5.13 Å². The standard InChI is InChI=1S/C14H22N2O3S/c1-4-19-13(17)10-6-5-7-11-12(10)16-14(20-11)15-8-9(2)18-3/h9-10H,4-8H2,1-3H3,(H,15,16). The molecule has 112 valence electrons. The van der Waals surface area contributed by atoms with Gasteiger partial charge in [0, 0.05) is 18.5 Å². The van der Waals surface area contributed by atoms with Crippen LogP contribution in [0.15, 0.2) is 0 Å². The van der Waals surface area contributed by atoms with Crippen molar-refractivity contribution in [3.63, 3.8) is 0 Å². The predicted molar refractivity (Wildman–Crippen MR) is 79.4 cm³/mol. The molecule has 20 heavy (non-hydrogen) atoms. The van der Waals surface area contributed by atoms with Gasteiger partial charge in [-0.3, -0.25) is 4.79 Å². The molecule has 1 N–H and O–H groups in total. The predicted octanol–water partition coefficient (Wildman–Crippen LogP) is 2.57. The number of esters is 1. The fourth-order valence-electron chi connectivity index (χ4n) is 2.28. The summed E-state index contributed by atoms with van der Waals surface area (Å²) < 4.78 is 10.4. The van der Waals surface area contributed by atoms with E-state index in [1.54, 1.807) is 18.4 Å². The number of aryl methyl sites for hydroxylation is 1. The van der Waals surface area contributed by atoms with Crippen LogP contribution in [0.5, 0.6) is 0 Å². The Kier molecular flexibility index (Phi) is 5.37. The lowest BCUT2D eigenvalue weighted by atomic mass is 9.91. The second-order valence-electron chi connectivity index (χ2n) is 4.95. The number of methoxy groups -OCH3 is 1. The molecule has 0 saturated heterocycles. The number of fused-ring (bicyclic) bond motifs is 1. The highest BCUT2D eigenvalue weighted by molar-refractivity contribution is 7.15. The summed E-state index contributed by atoms with van der Waals surface area (Å²) in [7, 11) is 1.69. The van der Waals surface area contributed by atoms with Gasteiger partial charge in [0.05, 0.1) is 18.4 Å². The summed E-state index contributed by atoms with van der Waals surface area (Å²) in [5, 5.41) is 4.14. The topological polar surface area (TPSA) is 60.5 Å². The molecular formula is C14H22N2O3S. The Morgan fingerprint density at radius 3 is 3.10 bits per heavy atom. The number of carbonyl (C=O) groups is 1. The molecule has 1 aliphatic rings. The molecule has 0 fully saturated rings. The molecule has 0 aliphatic heterocycles. The Morgan fingerprint density at radius 2 is 2.40 bits per heavy atom.